The van der Waals surface area contributed by atoms with Gasteiger partial charge in [0, 0.05) is 36.8 Å². The number of nitrogens with one attached hydrogen (secondary N) is 1. The Morgan fingerprint density at radius 2 is 1.76 bits per heavy atom. The second kappa shape index (κ2) is 9.30. The number of piperazine rings is 1. The summed E-state index contributed by atoms with van der Waals surface area (Å²) in [5.74, 6) is 0.818. The summed E-state index contributed by atoms with van der Waals surface area (Å²) in [6.45, 7) is 3.20. The Balaban J connectivity index is 0.00000220. The molecule has 1 N–H and O–H groups in total. The molecule has 1 heterocycles. The first kappa shape index (κ1) is 18.3. The molecular formula is C14H18Cl2N2O2S. The molecule has 1 aliphatic heterocycles. The van der Waals surface area contributed by atoms with Crippen LogP contribution in [-0.4, -0.2) is 54.3 Å². The lowest BCUT2D eigenvalue weighted by Crippen LogP contribution is -2.47. The molecule has 0 atom stereocenters. The van der Waals surface area contributed by atoms with E-state index in [9.17, 15) is 9.59 Å². The number of carbonyl (C=O) groups excluding carboxylic acids is 2. The molecule has 7 heteroatoms. The molecule has 2 rings (SSSR count). The van der Waals surface area contributed by atoms with Crippen LogP contribution in [0.5, 0.6) is 0 Å². The third-order valence-electron chi connectivity index (χ3n) is 3.09. The predicted molar refractivity (Wildman–Crippen MR) is 89.8 cm³/mol. The Hall–Kier alpha value is -0.750. The summed E-state index contributed by atoms with van der Waals surface area (Å²) in [5.41, 5.74) is 0.636. The molecule has 21 heavy (non-hydrogen) atoms. The van der Waals surface area contributed by atoms with Crippen molar-refractivity contribution in [2.75, 3.05) is 37.7 Å². The van der Waals surface area contributed by atoms with Crippen LogP contribution in [0.4, 0.5) is 0 Å². The second-order valence-electron chi connectivity index (χ2n) is 4.55. The molecule has 0 aliphatic carbocycles. The molecular weight excluding hydrogens is 331 g/mol. The number of nitrogens with zero attached hydrogens (tertiary/aromatic N) is 1. The molecule has 116 valence electrons. The van der Waals surface area contributed by atoms with Crippen LogP contribution in [0.3, 0.4) is 0 Å². The quantitative estimate of drug-likeness (QED) is 0.828. The van der Waals surface area contributed by atoms with Gasteiger partial charge in [0.05, 0.1) is 11.5 Å². The number of rotatable bonds is 5. The highest BCUT2D eigenvalue weighted by molar-refractivity contribution is 8.00. The van der Waals surface area contributed by atoms with Crippen LogP contribution in [0.25, 0.3) is 0 Å². The van der Waals surface area contributed by atoms with E-state index in [0.717, 1.165) is 26.2 Å². The average Bonchev–Trinajstić information content (AvgIpc) is 2.48. The lowest BCUT2D eigenvalue weighted by atomic mass is 10.1. The number of carbonyl (C=O) groups is 2. The summed E-state index contributed by atoms with van der Waals surface area (Å²) in [4.78, 5) is 25.7. The van der Waals surface area contributed by atoms with Crippen LogP contribution in [0, 0.1) is 0 Å². The minimum absolute atomic E-state index is 0. The van der Waals surface area contributed by atoms with Gasteiger partial charge in [-0.3, -0.25) is 9.59 Å². The lowest BCUT2D eigenvalue weighted by Gasteiger charge is -2.27. The van der Waals surface area contributed by atoms with Crippen molar-refractivity contribution in [2.24, 2.45) is 0 Å². The summed E-state index contributed by atoms with van der Waals surface area (Å²) in [6.07, 6.45) is 0. The van der Waals surface area contributed by atoms with E-state index < -0.39 is 0 Å². The molecule has 0 spiro atoms. The predicted octanol–water partition coefficient (Wildman–Crippen LogP) is 2.11. The Bertz CT molecular complexity index is 476. The Morgan fingerprint density at radius 3 is 2.38 bits per heavy atom. The Morgan fingerprint density at radius 1 is 1.14 bits per heavy atom. The third-order valence-corrected chi connectivity index (χ3v) is 4.26. The fourth-order valence-corrected chi connectivity index (χ4v) is 2.89. The zero-order chi connectivity index (χ0) is 14.4. The van der Waals surface area contributed by atoms with Gasteiger partial charge in [0.2, 0.25) is 5.91 Å². The van der Waals surface area contributed by atoms with Crippen LogP contribution in [0.1, 0.15) is 10.4 Å². The minimum Gasteiger partial charge on any atom is -0.339 e. The molecule has 1 amide bonds. The van der Waals surface area contributed by atoms with Crippen LogP contribution in [0.2, 0.25) is 5.02 Å². The molecule has 0 unspecified atom stereocenters. The topological polar surface area (TPSA) is 49.4 Å². The maximum atomic E-state index is 11.9. The van der Waals surface area contributed by atoms with Crippen molar-refractivity contribution in [1.82, 2.24) is 10.2 Å². The molecule has 1 fully saturated rings. The molecule has 0 aromatic heterocycles. The van der Waals surface area contributed by atoms with Crippen molar-refractivity contribution in [3.63, 3.8) is 0 Å². The van der Waals surface area contributed by atoms with Gasteiger partial charge in [-0.25, -0.2) is 0 Å². The van der Waals surface area contributed by atoms with E-state index in [1.54, 1.807) is 24.3 Å². The van der Waals surface area contributed by atoms with E-state index in [-0.39, 0.29) is 24.1 Å². The van der Waals surface area contributed by atoms with Gasteiger partial charge in [-0.1, -0.05) is 11.6 Å². The van der Waals surface area contributed by atoms with Crippen LogP contribution in [-0.2, 0) is 4.79 Å². The van der Waals surface area contributed by atoms with Crippen LogP contribution < -0.4 is 5.32 Å². The monoisotopic (exact) mass is 348 g/mol. The fraction of sp³-hybridized carbons (Fsp3) is 0.429. The van der Waals surface area contributed by atoms with Crippen molar-refractivity contribution in [2.45, 2.75) is 0 Å². The van der Waals surface area contributed by atoms with Gasteiger partial charge in [0.1, 0.15) is 0 Å². The highest BCUT2D eigenvalue weighted by atomic mass is 35.5. The van der Waals surface area contributed by atoms with Gasteiger partial charge >= 0.3 is 0 Å². The standard InChI is InChI=1S/C14H17ClN2O2S.ClH/c15-12-3-1-11(2-4-12)13(18)9-20-10-14(19)17-7-5-16-6-8-17;/h1-4,16H,5-10H2;1H. The van der Waals surface area contributed by atoms with Gasteiger partial charge < -0.3 is 10.2 Å². The summed E-state index contributed by atoms with van der Waals surface area (Å²) >= 11 is 7.14. The van der Waals surface area contributed by atoms with Gasteiger partial charge in [-0.05, 0) is 24.3 Å². The van der Waals surface area contributed by atoms with Crippen molar-refractivity contribution in [3.8, 4) is 0 Å². The number of thioether (sulfide) groups is 1. The summed E-state index contributed by atoms with van der Waals surface area (Å²) in [5, 5.41) is 3.82. The number of ketones is 1. The molecule has 0 bridgehead atoms. The number of benzene rings is 1. The van der Waals surface area contributed by atoms with E-state index >= 15 is 0 Å². The molecule has 1 aromatic rings. The van der Waals surface area contributed by atoms with Crippen molar-refractivity contribution in [3.05, 3.63) is 34.9 Å². The van der Waals surface area contributed by atoms with Crippen LogP contribution in [0.15, 0.2) is 24.3 Å². The Labute approximate surface area is 140 Å². The van der Waals surface area contributed by atoms with Gasteiger partial charge in [-0.15, -0.1) is 24.2 Å². The number of Topliss-reactive ketones (excluding diaryl/α,β-unsaturated/α-hetero) is 1. The highest BCUT2D eigenvalue weighted by Gasteiger charge is 2.16. The zero-order valence-electron chi connectivity index (χ0n) is 11.5. The maximum Gasteiger partial charge on any atom is 0.232 e. The van der Waals surface area contributed by atoms with Gasteiger partial charge in [-0.2, -0.15) is 0 Å². The third kappa shape index (κ3) is 5.87. The average molecular weight is 349 g/mol. The van der Waals surface area contributed by atoms with E-state index in [1.807, 2.05) is 4.90 Å². The van der Waals surface area contributed by atoms with Crippen molar-refractivity contribution < 1.29 is 9.59 Å². The normalized spacial score (nSPS) is 14.4. The first-order valence-electron chi connectivity index (χ1n) is 6.52. The minimum atomic E-state index is 0. The first-order chi connectivity index (χ1) is 9.66. The number of hydrogen-bond donors (Lipinski definition) is 1. The molecule has 1 aliphatic rings. The summed E-state index contributed by atoms with van der Waals surface area (Å²) in [6, 6.07) is 6.82. The number of amides is 1. The zero-order valence-corrected chi connectivity index (χ0v) is 13.9. The van der Waals surface area contributed by atoms with Crippen molar-refractivity contribution in [1.29, 1.82) is 0 Å². The molecule has 0 radical (unpaired) electrons. The van der Waals surface area contributed by atoms with Crippen molar-refractivity contribution >= 4 is 47.5 Å². The SMILES string of the molecule is Cl.O=C(CSCC(=O)N1CCNCC1)c1ccc(Cl)cc1. The molecule has 0 saturated carbocycles. The van der Waals surface area contributed by atoms with E-state index in [1.165, 1.54) is 11.8 Å². The molecule has 1 aromatic carbocycles. The Kier molecular flexibility index (Phi) is 8.11. The molecule has 1 saturated heterocycles. The fourth-order valence-electron chi connectivity index (χ4n) is 1.96. The number of hydrogen-bond acceptors (Lipinski definition) is 4. The van der Waals surface area contributed by atoms with Gasteiger partial charge in [0.15, 0.2) is 5.78 Å². The van der Waals surface area contributed by atoms with E-state index in [0.29, 0.717) is 22.1 Å². The van der Waals surface area contributed by atoms with Gasteiger partial charge in [0.25, 0.3) is 0 Å². The maximum absolute atomic E-state index is 11.9. The largest absolute Gasteiger partial charge is 0.339 e. The summed E-state index contributed by atoms with van der Waals surface area (Å²) < 4.78 is 0. The number of halogens is 2. The highest BCUT2D eigenvalue weighted by Crippen LogP contribution is 2.13. The van der Waals surface area contributed by atoms with E-state index in [2.05, 4.69) is 5.32 Å². The van der Waals surface area contributed by atoms with Crippen LogP contribution >= 0.6 is 35.8 Å². The lowest BCUT2D eigenvalue weighted by molar-refractivity contribution is -0.128. The van der Waals surface area contributed by atoms with E-state index in [4.69, 9.17) is 11.6 Å². The summed E-state index contributed by atoms with van der Waals surface area (Å²) in [7, 11) is 0. The molecule has 4 nitrogen and oxygen atoms in total. The second-order valence-corrected chi connectivity index (χ2v) is 5.98. The smallest absolute Gasteiger partial charge is 0.232 e. The first-order valence-corrected chi connectivity index (χ1v) is 8.05.